The molecule has 0 aliphatic heterocycles. The van der Waals surface area contributed by atoms with Crippen LogP contribution in [0.25, 0.3) is 10.9 Å². The van der Waals surface area contributed by atoms with E-state index >= 15 is 0 Å². The Bertz CT molecular complexity index is 544. The molecule has 1 aromatic carbocycles. The Hall–Kier alpha value is -0.990. The first-order valence-electron chi connectivity index (χ1n) is 6.27. The first kappa shape index (κ1) is 11.1. The molecule has 0 radical (unpaired) electrons. The first-order valence-corrected chi connectivity index (χ1v) is 6.64. The van der Waals surface area contributed by atoms with Gasteiger partial charge in [-0.3, -0.25) is 0 Å². The predicted molar refractivity (Wildman–Crippen MR) is 72.7 cm³/mol. The highest BCUT2D eigenvalue weighted by molar-refractivity contribution is 6.31. The molecule has 17 heavy (non-hydrogen) atoms. The van der Waals surface area contributed by atoms with Crippen molar-refractivity contribution >= 4 is 22.5 Å². The normalized spacial score (nSPS) is 20.2. The van der Waals surface area contributed by atoms with Crippen LogP contribution in [0.1, 0.15) is 36.6 Å². The highest BCUT2D eigenvalue weighted by Crippen LogP contribution is 2.35. The summed E-state index contributed by atoms with van der Waals surface area (Å²) in [6.07, 6.45) is 4.92. The van der Waals surface area contributed by atoms with Crippen molar-refractivity contribution in [3.63, 3.8) is 0 Å². The highest BCUT2D eigenvalue weighted by Gasteiger charge is 2.21. The predicted octanol–water partition coefficient (Wildman–Crippen LogP) is 3.81. The number of H-pyrrole nitrogens is 1. The minimum Gasteiger partial charge on any atom is -0.358 e. The molecule has 0 fully saturated rings. The lowest BCUT2D eigenvalue weighted by Gasteiger charge is -2.14. The minimum absolute atomic E-state index is 0.458. The summed E-state index contributed by atoms with van der Waals surface area (Å²) in [4.78, 5) is 3.55. The molecule has 2 aromatic rings. The van der Waals surface area contributed by atoms with E-state index in [4.69, 9.17) is 11.6 Å². The van der Waals surface area contributed by atoms with E-state index in [0.29, 0.717) is 6.04 Å². The van der Waals surface area contributed by atoms with Crippen LogP contribution in [0, 0.1) is 0 Å². The number of nitrogens with one attached hydrogen (secondary N) is 2. The fourth-order valence-corrected chi connectivity index (χ4v) is 3.09. The van der Waals surface area contributed by atoms with E-state index < -0.39 is 0 Å². The summed E-state index contributed by atoms with van der Waals surface area (Å²) < 4.78 is 0. The number of halogens is 1. The lowest BCUT2D eigenvalue weighted by atomic mass is 10.0. The smallest absolute Gasteiger partial charge is 0.0460 e. The molecule has 0 bridgehead atoms. The van der Waals surface area contributed by atoms with E-state index in [-0.39, 0.29) is 0 Å². The third-order valence-electron chi connectivity index (χ3n) is 3.75. The number of rotatable bonds is 1. The molecule has 3 rings (SSSR count). The molecule has 2 N–H and O–H groups in total. The van der Waals surface area contributed by atoms with Gasteiger partial charge in [-0.15, -0.1) is 0 Å². The summed E-state index contributed by atoms with van der Waals surface area (Å²) in [5, 5.41) is 5.54. The molecule has 1 aliphatic carbocycles. The number of aryl methyl sites for hydroxylation is 1. The quantitative estimate of drug-likeness (QED) is 0.738. The average Bonchev–Trinajstić information content (AvgIpc) is 2.55. The van der Waals surface area contributed by atoms with E-state index in [1.807, 2.05) is 13.1 Å². The Labute approximate surface area is 106 Å². The van der Waals surface area contributed by atoms with Crippen LogP contribution < -0.4 is 5.32 Å². The van der Waals surface area contributed by atoms with Crippen molar-refractivity contribution in [2.24, 2.45) is 0 Å². The average molecular weight is 249 g/mol. The zero-order valence-electron chi connectivity index (χ0n) is 10.0. The number of aromatic amines is 1. The summed E-state index contributed by atoms with van der Waals surface area (Å²) in [7, 11) is 2.04. The van der Waals surface area contributed by atoms with Crippen LogP contribution in [0.15, 0.2) is 18.2 Å². The van der Waals surface area contributed by atoms with Crippen molar-refractivity contribution in [2.75, 3.05) is 7.05 Å². The van der Waals surface area contributed by atoms with Crippen molar-refractivity contribution in [3.05, 3.63) is 34.5 Å². The molecular weight excluding hydrogens is 232 g/mol. The highest BCUT2D eigenvalue weighted by atomic mass is 35.5. The summed E-state index contributed by atoms with van der Waals surface area (Å²) in [6.45, 7) is 0. The van der Waals surface area contributed by atoms with Gasteiger partial charge in [0.05, 0.1) is 0 Å². The van der Waals surface area contributed by atoms with Crippen LogP contribution in [-0.2, 0) is 6.42 Å². The standard InChI is InChI=1S/C14H17ClN2/c1-16-12-4-2-3-5-13-14(12)10-8-9(15)6-7-11(10)17-13/h6-8,12,16-17H,2-5H2,1H3. The Morgan fingerprint density at radius 2 is 2.24 bits per heavy atom. The summed E-state index contributed by atoms with van der Waals surface area (Å²) in [6, 6.07) is 6.58. The second kappa shape index (κ2) is 4.35. The van der Waals surface area contributed by atoms with Gasteiger partial charge in [0.1, 0.15) is 0 Å². The molecule has 1 atom stereocenters. The van der Waals surface area contributed by atoms with Crippen molar-refractivity contribution in [3.8, 4) is 0 Å². The minimum atomic E-state index is 0.458. The van der Waals surface area contributed by atoms with E-state index in [1.165, 1.54) is 41.4 Å². The molecule has 1 heterocycles. The van der Waals surface area contributed by atoms with Gasteiger partial charge in [-0.2, -0.15) is 0 Å². The van der Waals surface area contributed by atoms with Gasteiger partial charge in [0.25, 0.3) is 0 Å². The maximum Gasteiger partial charge on any atom is 0.0460 e. The fourth-order valence-electron chi connectivity index (χ4n) is 2.92. The Morgan fingerprint density at radius 3 is 3.06 bits per heavy atom. The van der Waals surface area contributed by atoms with Crippen molar-refractivity contribution in [1.82, 2.24) is 10.3 Å². The second-order valence-electron chi connectivity index (χ2n) is 4.79. The molecule has 0 amide bonds. The fraction of sp³-hybridized carbons (Fsp3) is 0.429. The molecule has 2 nitrogen and oxygen atoms in total. The van der Waals surface area contributed by atoms with Gasteiger partial charge in [-0.1, -0.05) is 18.0 Å². The number of hydrogen-bond acceptors (Lipinski definition) is 1. The number of aromatic nitrogens is 1. The number of fused-ring (bicyclic) bond motifs is 3. The van der Waals surface area contributed by atoms with E-state index in [2.05, 4.69) is 22.4 Å². The van der Waals surface area contributed by atoms with Crippen LogP contribution in [0.2, 0.25) is 5.02 Å². The summed E-state index contributed by atoms with van der Waals surface area (Å²) >= 11 is 6.12. The monoisotopic (exact) mass is 248 g/mol. The van der Waals surface area contributed by atoms with Gasteiger partial charge in [-0.25, -0.2) is 0 Å². The molecular formula is C14H17ClN2. The molecule has 0 saturated heterocycles. The Morgan fingerprint density at radius 1 is 1.35 bits per heavy atom. The summed E-state index contributed by atoms with van der Waals surface area (Å²) in [5.41, 5.74) is 4.03. The zero-order chi connectivity index (χ0) is 11.8. The molecule has 1 aliphatic rings. The van der Waals surface area contributed by atoms with Gasteiger partial charge in [0.15, 0.2) is 0 Å². The molecule has 0 saturated carbocycles. The summed E-state index contributed by atoms with van der Waals surface area (Å²) in [5.74, 6) is 0. The molecule has 0 spiro atoms. The van der Waals surface area contributed by atoms with Crippen LogP contribution in [0.4, 0.5) is 0 Å². The largest absolute Gasteiger partial charge is 0.358 e. The van der Waals surface area contributed by atoms with Crippen LogP contribution in [-0.4, -0.2) is 12.0 Å². The molecule has 3 heteroatoms. The van der Waals surface area contributed by atoms with Crippen molar-refractivity contribution in [2.45, 2.75) is 31.7 Å². The molecule has 1 aromatic heterocycles. The number of hydrogen-bond donors (Lipinski definition) is 2. The van der Waals surface area contributed by atoms with Crippen LogP contribution >= 0.6 is 11.6 Å². The van der Waals surface area contributed by atoms with Crippen LogP contribution in [0.3, 0.4) is 0 Å². The zero-order valence-corrected chi connectivity index (χ0v) is 10.8. The maximum absolute atomic E-state index is 6.12. The lowest BCUT2D eigenvalue weighted by molar-refractivity contribution is 0.536. The first-order chi connectivity index (χ1) is 8.29. The lowest BCUT2D eigenvalue weighted by Crippen LogP contribution is -2.15. The van der Waals surface area contributed by atoms with Crippen molar-refractivity contribution in [1.29, 1.82) is 0 Å². The van der Waals surface area contributed by atoms with Gasteiger partial charge in [0.2, 0.25) is 0 Å². The van der Waals surface area contributed by atoms with Crippen LogP contribution in [0.5, 0.6) is 0 Å². The van der Waals surface area contributed by atoms with E-state index in [9.17, 15) is 0 Å². The third kappa shape index (κ3) is 1.85. The third-order valence-corrected chi connectivity index (χ3v) is 3.98. The number of benzene rings is 1. The Kier molecular flexibility index (Phi) is 2.85. The molecule has 1 unspecified atom stereocenters. The Balaban J connectivity index is 2.24. The topological polar surface area (TPSA) is 27.8 Å². The van der Waals surface area contributed by atoms with Crippen molar-refractivity contribution < 1.29 is 0 Å². The maximum atomic E-state index is 6.12. The SMILES string of the molecule is CNC1CCCCc2[nH]c3ccc(Cl)cc3c21. The van der Waals surface area contributed by atoms with Gasteiger partial charge in [-0.05, 0) is 50.1 Å². The van der Waals surface area contributed by atoms with Gasteiger partial charge in [0, 0.05) is 27.7 Å². The van der Waals surface area contributed by atoms with E-state index in [0.717, 1.165) is 11.4 Å². The van der Waals surface area contributed by atoms with E-state index in [1.54, 1.807) is 0 Å². The van der Waals surface area contributed by atoms with Gasteiger partial charge >= 0.3 is 0 Å². The second-order valence-corrected chi connectivity index (χ2v) is 5.23. The van der Waals surface area contributed by atoms with Gasteiger partial charge < -0.3 is 10.3 Å². The molecule has 90 valence electrons.